The zero-order chi connectivity index (χ0) is 22.0. The first-order valence-electron chi connectivity index (χ1n) is 9.74. The predicted molar refractivity (Wildman–Crippen MR) is 119 cm³/mol. The minimum Gasteiger partial charge on any atom is -0.496 e. The molecule has 0 bridgehead atoms. The van der Waals surface area contributed by atoms with Crippen LogP contribution in [0.4, 0.5) is 0 Å². The summed E-state index contributed by atoms with van der Waals surface area (Å²) in [5.41, 5.74) is 3.93. The number of hydrogen-bond acceptors (Lipinski definition) is 4. The van der Waals surface area contributed by atoms with Crippen LogP contribution < -0.4 is 10.1 Å². The lowest BCUT2D eigenvalue weighted by atomic mass is 10.1. The molecule has 3 aromatic heterocycles. The Bertz CT molecular complexity index is 1210. The summed E-state index contributed by atoms with van der Waals surface area (Å²) in [6, 6.07) is 13.0. The van der Waals surface area contributed by atoms with E-state index in [0.717, 1.165) is 28.5 Å². The number of carbonyl (C=O) groups excluding carboxylic acids is 1. The average molecular weight is 436 g/mol. The van der Waals surface area contributed by atoms with Crippen molar-refractivity contribution in [3.8, 4) is 17.3 Å². The van der Waals surface area contributed by atoms with Gasteiger partial charge in [0.05, 0.1) is 29.1 Å². The second kappa shape index (κ2) is 8.65. The molecule has 0 atom stereocenters. The average Bonchev–Trinajstić information content (AvgIpc) is 3.41. The number of pyridine rings is 1. The number of methoxy groups -OCH3 is 1. The van der Waals surface area contributed by atoms with Crippen molar-refractivity contribution in [3.63, 3.8) is 0 Å². The van der Waals surface area contributed by atoms with Gasteiger partial charge in [-0.3, -0.25) is 4.79 Å². The number of hydrogen-bond donors (Lipinski definition) is 1. The molecule has 0 spiro atoms. The van der Waals surface area contributed by atoms with E-state index in [4.69, 9.17) is 16.3 Å². The zero-order valence-electron chi connectivity index (χ0n) is 17.5. The summed E-state index contributed by atoms with van der Waals surface area (Å²) in [5, 5.41) is 7.79. The van der Waals surface area contributed by atoms with Gasteiger partial charge in [-0.15, -0.1) is 0 Å². The van der Waals surface area contributed by atoms with Crippen molar-refractivity contribution >= 4 is 17.5 Å². The molecule has 158 valence electrons. The van der Waals surface area contributed by atoms with Crippen LogP contribution in [0.2, 0.25) is 5.02 Å². The Kier molecular flexibility index (Phi) is 5.77. The van der Waals surface area contributed by atoms with Crippen LogP contribution in [0.5, 0.6) is 5.75 Å². The number of amides is 1. The van der Waals surface area contributed by atoms with E-state index in [-0.39, 0.29) is 5.91 Å². The molecule has 1 N–H and O–H groups in total. The van der Waals surface area contributed by atoms with Crippen LogP contribution in [-0.4, -0.2) is 32.3 Å². The topological polar surface area (TPSA) is 74.0 Å². The molecule has 1 amide bonds. The molecule has 0 aliphatic heterocycles. The van der Waals surface area contributed by atoms with Crippen LogP contribution in [0.25, 0.3) is 11.5 Å². The molecule has 8 heteroatoms. The van der Waals surface area contributed by atoms with Crippen molar-refractivity contribution in [1.29, 1.82) is 0 Å². The Morgan fingerprint density at radius 2 is 1.94 bits per heavy atom. The lowest BCUT2D eigenvalue weighted by Crippen LogP contribution is -2.23. The van der Waals surface area contributed by atoms with Crippen molar-refractivity contribution < 1.29 is 9.53 Å². The Balaban J connectivity index is 1.48. The van der Waals surface area contributed by atoms with E-state index < -0.39 is 0 Å². The molecule has 0 saturated carbocycles. The van der Waals surface area contributed by atoms with E-state index in [1.807, 2.05) is 61.1 Å². The molecule has 0 fully saturated rings. The Morgan fingerprint density at radius 3 is 2.55 bits per heavy atom. The monoisotopic (exact) mass is 435 g/mol. The van der Waals surface area contributed by atoms with Crippen LogP contribution in [0.3, 0.4) is 0 Å². The van der Waals surface area contributed by atoms with Crippen LogP contribution in [-0.2, 0) is 6.54 Å². The summed E-state index contributed by atoms with van der Waals surface area (Å²) in [7, 11) is 1.53. The van der Waals surface area contributed by atoms with Crippen molar-refractivity contribution in [2.24, 2.45) is 0 Å². The lowest BCUT2D eigenvalue weighted by Gasteiger charge is -2.14. The molecule has 0 aliphatic rings. The minimum absolute atomic E-state index is 0.277. The van der Waals surface area contributed by atoms with Crippen molar-refractivity contribution in [2.45, 2.75) is 20.4 Å². The maximum atomic E-state index is 12.8. The summed E-state index contributed by atoms with van der Waals surface area (Å²) in [4.78, 5) is 17.3. The third-order valence-corrected chi connectivity index (χ3v) is 5.19. The van der Waals surface area contributed by atoms with Gasteiger partial charge in [0.2, 0.25) is 0 Å². The van der Waals surface area contributed by atoms with Crippen molar-refractivity contribution in [2.75, 3.05) is 7.11 Å². The van der Waals surface area contributed by atoms with Gasteiger partial charge in [0.15, 0.2) is 5.82 Å². The summed E-state index contributed by atoms with van der Waals surface area (Å²) >= 11 is 6.43. The SMILES string of the molecule is COc1cc(-n2cccc2)c(Cl)cc1C(=O)NCc1ccc(-n2nc(C)cc2C)nc1. The fraction of sp³-hybridized carbons (Fsp3) is 0.174. The van der Waals surface area contributed by atoms with Gasteiger partial charge in [-0.2, -0.15) is 5.10 Å². The van der Waals surface area contributed by atoms with Gasteiger partial charge in [-0.1, -0.05) is 17.7 Å². The van der Waals surface area contributed by atoms with Gasteiger partial charge in [0, 0.05) is 36.9 Å². The first-order chi connectivity index (χ1) is 15.0. The summed E-state index contributed by atoms with van der Waals surface area (Å²) in [6.07, 6.45) is 5.48. The largest absolute Gasteiger partial charge is 0.496 e. The van der Waals surface area contributed by atoms with E-state index in [2.05, 4.69) is 15.4 Å². The zero-order valence-corrected chi connectivity index (χ0v) is 18.2. The highest BCUT2D eigenvalue weighted by atomic mass is 35.5. The highest BCUT2D eigenvalue weighted by molar-refractivity contribution is 6.33. The smallest absolute Gasteiger partial charge is 0.255 e. The molecule has 0 aliphatic carbocycles. The highest BCUT2D eigenvalue weighted by Crippen LogP contribution is 2.30. The molecular formula is C23H22ClN5O2. The molecule has 4 aromatic rings. The summed E-state index contributed by atoms with van der Waals surface area (Å²) in [6.45, 7) is 4.25. The number of benzene rings is 1. The fourth-order valence-corrected chi connectivity index (χ4v) is 3.63. The second-order valence-electron chi connectivity index (χ2n) is 7.14. The Hall–Kier alpha value is -3.58. The fourth-order valence-electron chi connectivity index (χ4n) is 3.37. The molecule has 4 rings (SSSR count). The van der Waals surface area contributed by atoms with Gasteiger partial charge < -0.3 is 14.6 Å². The molecular weight excluding hydrogens is 414 g/mol. The third kappa shape index (κ3) is 4.32. The van der Waals surface area contributed by atoms with E-state index in [9.17, 15) is 4.79 Å². The maximum absolute atomic E-state index is 12.8. The maximum Gasteiger partial charge on any atom is 0.255 e. The van der Waals surface area contributed by atoms with Crippen molar-refractivity contribution in [1.82, 2.24) is 24.6 Å². The predicted octanol–water partition coefficient (Wildman–Crippen LogP) is 4.27. The van der Waals surface area contributed by atoms with E-state index in [0.29, 0.717) is 22.9 Å². The van der Waals surface area contributed by atoms with Crippen LogP contribution in [0.15, 0.2) is 61.1 Å². The van der Waals surface area contributed by atoms with Gasteiger partial charge in [-0.25, -0.2) is 9.67 Å². The number of aryl methyl sites for hydroxylation is 2. The first kappa shape index (κ1) is 20.7. The molecule has 7 nitrogen and oxygen atoms in total. The van der Waals surface area contributed by atoms with Gasteiger partial charge in [-0.05, 0) is 49.7 Å². The van der Waals surface area contributed by atoms with Gasteiger partial charge in [0.1, 0.15) is 5.75 Å². The van der Waals surface area contributed by atoms with Gasteiger partial charge in [0.25, 0.3) is 5.91 Å². The number of nitrogens with zero attached hydrogens (tertiary/aromatic N) is 4. The van der Waals surface area contributed by atoms with Gasteiger partial charge >= 0.3 is 0 Å². The van der Waals surface area contributed by atoms with E-state index >= 15 is 0 Å². The minimum atomic E-state index is -0.277. The lowest BCUT2D eigenvalue weighted by molar-refractivity contribution is 0.0948. The number of nitrogens with one attached hydrogen (secondary N) is 1. The molecule has 0 saturated heterocycles. The van der Waals surface area contributed by atoms with Crippen LogP contribution in [0.1, 0.15) is 27.3 Å². The molecule has 0 unspecified atom stereocenters. The molecule has 0 radical (unpaired) electrons. The van der Waals surface area contributed by atoms with Crippen LogP contribution >= 0.6 is 11.6 Å². The standard InChI is InChI=1S/C23H22ClN5O2/c1-15-10-16(2)29(27-15)22-7-6-17(13-25-22)14-26-23(30)18-11-19(24)20(12-21(18)31-3)28-8-4-5-9-28/h4-13H,14H2,1-3H3,(H,26,30). The van der Waals surface area contributed by atoms with E-state index in [1.54, 1.807) is 23.0 Å². The Labute approximate surface area is 185 Å². The second-order valence-corrected chi connectivity index (χ2v) is 7.55. The number of carbonyl (C=O) groups is 1. The third-order valence-electron chi connectivity index (χ3n) is 4.88. The quantitative estimate of drug-likeness (QED) is 0.491. The Morgan fingerprint density at radius 1 is 1.16 bits per heavy atom. The van der Waals surface area contributed by atoms with Crippen molar-refractivity contribution in [3.05, 3.63) is 88.6 Å². The molecule has 3 heterocycles. The first-order valence-corrected chi connectivity index (χ1v) is 10.1. The normalized spacial score (nSPS) is 10.8. The summed E-state index contributed by atoms with van der Waals surface area (Å²) < 4.78 is 9.09. The summed E-state index contributed by atoms with van der Waals surface area (Å²) in [5.74, 6) is 0.902. The number of rotatable bonds is 6. The number of halogens is 1. The number of ether oxygens (including phenoxy) is 1. The van der Waals surface area contributed by atoms with Crippen LogP contribution in [0, 0.1) is 13.8 Å². The van der Waals surface area contributed by atoms with E-state index in [1.165, 1.54) is 7.11 Å². The highest BCUT2D eigenvalue weighted by Gasteiger charge is 2.16. The number of aromatic nitrogens is 4. The molecule has 1 aromatic carbocycles. The molecule has 31 heavy (non-hydrogen) atoms.